The van der Waals surface area contributed by atoms with Crippen molar-refractivity contribution < 1.29 is 42.5 Å². The van der Waals surface area contributed by atoms with Gasteiger partial charge in [-0.05, 0) is 19.3 Å². The van der Waals surface area contributed by atoms with Crippen molar-refractivity contribution in [1.82, 2.24) is 0 Å². The first-order valence-corrected chi connectivity index (χ1v) is 4.57. The van der Waals surface area contributed by atoms with E-state index in [9.17, 15) is 0 Å². The summed E-state index contributed by atoms with van der Waals surface area (Å²) in [5, 5.41) is 23.6. The average Bonchev–Trinajstić information content (AvgIpc) is 2.18. The molecule has 0 aliphatic carbocycles. The van der Waals surface area contributed by atoms with Gasteiger partial charge in [0.05, 0.1) is 0 Å². The van der Waals surface area contributed by atoms with Crippen LogP contribution in [0.4, 0.5) is 0 Å². The van der Waals surface area contributed by atoms with Crippen molar-refractivity contribution in [2.45, 2.75) is 40.0 Å². The van der Waals surface area contributed by atoms with Gasteiger partial charge in [-0.1, -0.05) is 20.8 Å². The number of aliphatic hydroxyl groups is 3. The van der Waals surface area contributed by atoms with E-state index in [1.54, 1.807) is 0 Å². The molecule has 90 valence electrons. The molecule has 0 heterocycles. The second-order valence-corrected chi connectivity index (χ2v) is 2.17. The summed E-state index contributed by atoms with van der Waals surface area (Å²) < 4.78 is 0. The van der Waals surface area contributed by atoms with Gasteiger partial charge in [-0.3, -0.25) is 0 Å². The van der Waals surface area contributed by atoms with Crippen LogP contribution in [0.25, 0.3) is 0 Å². The zero-order valence-corrected chi connectivity index (χ0v) is 11.1. The molecule has 0 atom stereocenters. The summed E-state index contributed by atoms with van der Waals surface area (Å²) in [6.07, 6.45) is 2.62. The van der Waals surface area contributed by atoms with Gasteiger partial charge in [0.1, 0.15) is 0 Å². The second-order valence-electron chi connectivity index (χ2n) is 2.17. The number of hydrogen-bond acceptors (Lipinski definition) is 3. The molecule has 0 rings (SSSR count). The molecular formula is C9H26O4Ti. The van der Waals surface area contributed by atoms with Crippen LogP contribution in [0.3, 0.4) is 0 Å². The van der Waals surface area contributed by atoms with Crippen molar-refractivity contribution in [3.8, 4) is 0 Å². The van der Waals surface area contributed by atoms with E-state index < -0.39 is 0 Å². The van der Waals surface area contributed by atoms with E-state index >= 15 is 0 Å². The van der Waals surface area contributed by atoms with E-state index in [0.717, 1.165) is 19.3 Å². The molecule has 0 aromatic heterocycles. The number of hydrogen-bond donors (Lipinski definition) is 3. The minimum absolute atomic E-state index is 0. The SMILES string of the molecule is CCCO.CCCO.CCCO.O.[Ti]. The van der Waals surface area contributed by atoms with Crippen LogP contribution < -0.4 is 0 Å². The van der Waals surface area contributed by atoms with Crippen LogP contribution in [0.2, 0.25) is 0 Å². The smallest absolute Gasteiger partial charge is 0.0428 e. The van der Waals surface area contributed by atoms with E-state index in [0.29, 0.717) is 19.8 Å². The molecule has 5 N–H and O–H groups in total. The molecule has 0 aromatic rings. The molecule has 0 unspecified atom stereocenters. The molecule has 0 saturated heterocycles. The molecule has 0 saturated carbocycles. The summed E-state index contributed by atoms with van der Waals surface area (Å²) in [5.41, 5.74) is 0. The Morgan fingerprint density at radius 3 is 0.714 bits per heavy atom. The van der Waals surface area contributed by atoms with Crippen LogP contribution in [0.15, 0.2) is 0 Å². The standard InChI is InChI=1S/3C3H8O.H2O.Ti/c3*1-2-3-4;;/h3*4H,2-3H2,1H3;1H2;. The van der Waals surface area contributed by atoms with Crippen molar-refractivity contribution in [3.63, 3.8) is 0 Å². The third-order valence-electron chi connectivity index (χ3n) is 0.671. The van der Waals surface area contributed by atoms with Gasteiger partial charge in [0.25, 0.3) is 0 Å². The number of aliphatic hydroxyl groups excluding tert-OH is 3. The summed E-state index contributed by atoms with van der Waals surface area (Å²) in [7, 11) is 0. The first-order valence-electron chi connectivity index (χ1n) is 4.57. The van der Waals surface area contributed by atoms with E-state index in [4.69, 9.17) is 15.3 Å². The largest absolute Gasteiger partial charge is 0.412 e. The predicted molar refractivity (Wildman–Crippen MR) is 55.7 cm³/mol. The van der Waals surface area contributed by atoms with Crippen molar-refractivity contribution in [2.24, 2.45) is 0 Å². The Bertz CT molecular complexity index is 32.3. The van der Waals surface area contributed by atoms with Crippen molar-refractivity contribution in [2.75, 3.05) is 19.8 Å². The van der Waals surface area contributed by atoms with Gasteiger partial charge in [-0.25, -0.2) is 0 Å². The Morgan fingerprint density at radius 2 is 0.714 bits per heavy atom. The summed E-state index contributed by atoms with van der Waals surface area (Å²) >= 11 is 0. The summed E-state index contributed by atoms with van der Waals surface area (Å²) in [6.45, 7) is 6.75. The first kappa shape index (κ1) is 29.3. The molecular weight excluding hydrogens is 220 g/mol. The van der Waals surface area contributed by atoms with Crippen LogP contribution in [0, 0.1) is 0 Å². The van der Waals surface area contributed by atoms with Gasteiger partial charge < -0.3 is 20.8 Å². The Morgan fingerprint density at radius 1 is 0.643 bits per heavy atom. The summed E-state index contributed by atoms with van der Waals surface area (Å²) in [5.74, 6) is 0. The minimum atomic E-state index is 0. The monoisotopic (exact) mass is 246 g/mol. The Labute approximate surface area is 103 Å². The van der Waals surface area contributed by atoms with Crippen LogP contribution in [0.1, 0.15) is 40.0 Å². The Balaban J connectivity index is -0.0000000270. The third kappa shape index (κ3) is 133. The van der Waals surface area contributed by atoms with E-state index in [-0.39, 0.29) is 27.2 Å². The molecule has 0 radical (unpaired) electrons. The van der Waals surface area contributed by atoms with Crippen LogP contribution in [-0.2, 0) is 21.7 Å². The fourth-order valence-corrected chi connectivity index (χ4v) is 0. The van der Waals surface area contributed by atoms with Crippen LogP contribution in [0.5, 0.6) is 0 Å². The van der Waals surface area contributed by atoms with Gasteiger partial charge >= 0.3 is 0 Å². The maximum atomic E-state index is 7.88. The van der Waals surface area contributed by atoms with E-state index in [2.05, 4.69) is 0 Å². The predicted octanol–water partition coefficient (Wildman–Crippen LogP) is 0.339. The minimum Gasteiger partial charge on any atom is -0.412 e. The van der Waals surface area contributed by atoms with Gasteiger partial charge in [0.15, 0.2) is 0 Å². The van der Waals surface area contributed by atoms with Gasteiger partial charge in [0.2, 0.25) is 0 Å². The molecule has 4 nitrogen and oxygen atoms in total. The van der Waals surface area contributed by atoms with E-state index in [1.165, 1.54) is 0 Å². The molecule has 0 aromatic carbocycles. The normalized spacial score (nSPS) is 6.43. The zero-order valence-electron chi connectivity index (χ0n) is 9.58. The van der Waals surface area contributed by atoms with Crippen molar-refractivity contribution >= 4 is 0 Å². The summed E-state index contributed by atoms with van der Waals surface area (Å²) in [6, 6.07) is 0. The maximum absolute atomic E-state index is 7.88. The molecule has 0 bridgehead atoms. The fourth-order valence-electron chi connectivity index (χ4n) is 0. The van der Waals surface area contributed by atoms with E-state index in [1.807, 2.05) is 20.8 Å². The molecule has 0 spiro atoms. The zero-order chi connectivity index (χ0) is 10.2. The van der Waals surface area contributed by atoms with Gasteiger partial charge in [-0.15, -0.1) is 0 Å². The molecule has 0 aliphatic heterocycles. The number of rotatable bonds is 3. The van der Waals surface area contributed by atoms with Gasteiger partial charge in [-0.2, -0.15) is 0 Å². The molecule has 5 heteroatoms. The Kier molecular flexibility index (Phi) is 104. The summed E-state index contributed by atoms with van der Waals surface area (Å²) in [4.78, 5) is 0. The average molecular weight is 246 g/mol. The molecule has 14 heavy (non-hydrogen) atoms. The topological polar surface area (TPSA) is 92.2 Å². The molecule has 0 amide bonds. The first-order chi connectivity index (χ1) is 5.74. The van der Waals surface area contributed by atoms with Crippen LogP contribution >= 0.6 is 0 Å². The quantitative estimate of drug-likeness (QED) is 0.627. The van der Waals surface area contributed by atoms with Crippen molar-refractivity contribution in [1.29, 1.82) is 0 Å². The molecule has 0 fully saturated rings. The third-order valence-corrected chi connectivity index (χ3v) is 0.671. The molecule has 0 aliphatic rings. The second kappa shape index (κ2) is 49.7. The van der Waals surface area contributed by atoms with Crippen molar-refractivity contribution in [3.05, 3.63) is 0 Å². The van der Waals surface area contributed by atoms with Gasteiger partial charge in [0, 0.05) is 41.5 Å². The maximum Gasteiger partial charge on any atom is 0.0428 e. The fraction of sp³-hybridized carbons (Fsp3) is 1.00. The van der Waals surface area contributed by atoms with Crippen LogP contribution in [-0.4, -0.2) is 40.6 Å². The Hall–Kier alpha value is 0.554.